The summed E-state index contributed by atoms with van der Waals surface area (Å²) in [7, 11) is 3.60. The SMILES string of the molecule is CC(=O)NC[C@H]1CN(c2ccc(N3Cc4cn(CCOC(=O)CN(C)C)nc4C3)c(F)c2)C(=O)O1. The number of fused-ring (bicyclic) bond motifs is 1. The first-order chi connectivity index (χ1) is 16.7. The summed E-state index contributed by atoms with van der Waals surface area (Å²) >= 11 is 0. The lowest BCUT2D eigenvalue weighted by atomic mass is 10.2. The van der Waals surface area contributed by atoms with Crippen LogP contribution in [-0.2, 0) is 38.7 Å². The fourth-order valence-electron chi connectivity index (χ4n) is 4.07. The third-order valence-electron chi connectivity index (χ3n) is 5.69. The zero-order valence-electron chi connectivity index (χ0n) is 20.0. The van der Waals surface area contributed by atoms with Crippen LogP contribution in [0.15, 0.2) is 24.4 Å². The number of hydrogen-bond donors (Lipinski definition) is 1. The van der Waals surface area contributed by atoms with Gasteiger partial charge in [0.15, 0.2) is 0 Å². The fourth-order valence-corrected chi connectivity index (χ4v) is 4.07. The van der Waals surface area contributed by atoms with Crippen molar-refractivity contribution in [1.82, 2.24) is 20.0 Å². The maximum atomic E-state index is 15.0. The minimum Gasteiger partial charge on any atom is -0.463 e. The molecule has 0 aliphatic carbocycles. The summed E-state index contributed by atoms with van der Waals surface area (Å²) in [6, 6.07) is 4.64. The Labute approximate surface area is 202 Å². The number of nitrogens with zero attached hydrogens (tertiary/aromatic N) is 5. The van der Waals surface area contributed by atoms with Crippen LogP contribution < -0.4 is 15.1 Å². The van der Waals surface area contributed by atoms with Gasteiger partial charge in [0.05, 0.1) is 49.8 Å². The number of esters is 1. The van der Waals surface area contributed by atoms with Crippen molar-refractivity contribution in [3.63, 3.8) is 0 Å². The second-order valence-corrected chi connectivity index (χ2v) is 8.87. The summed E-state index contributed by atoms with van der Waals surface area (Å²) < 4.78 is 27.2. The Bertz CT molecular complexity index is 1100. The quantitative estimate of drug-likeness (QED) is 0.523. The van der Waals surface area contributed by atoms with Crippen LogP contribution in [0.25, 0.3) is 0 Å². The number of halogens is 1. The van der Waals surface area contributed by atoms with Gasteiger partial charge in [-0.3, -0.25) is 24.1 Å². The van der Waals surface area contributed by atoms with Gasteiger partial charge in [-0.05, 0) is 32.3 Å². The molecule has 1 atom stereocenters. The van der Waals surface area contributed by atoms with Crippen LogP contribution in [0.5, 0.6) is 0 Å². The van der Waals surface area contributed by atoms with Gasteiger partial charge < -0.3 is 19.7 Å². The first kappa shape index (κ1) is 24.5. The number of carbonyl (C=O) groups is 3. The molecule has 0 saturated carbocycles. The lowest BCUT2D eigenvalue weighted by Crippen LogP contribution is -2.33. The van der Waals surface area contributed by atoms with E-state index in [1.807, 2.05) is 11.1 Å². The van der Waals surface area contributed by atoms with Crippen molar-refractivity contribution in [3.8, 4) is 0 Å². The summed E-state index contributed by atoms with van der Waals surface area (Å²) in [4.78, 5) is 39.9. The number of cyclic esters (lactones) is 1. The Balaban J connectivity index is 1.32. The van der Waals surface area contributed by atoms with Crippen LogP contribution in [0, 0.1) is 5.82 Å². The molecule has 35 heavy (non-hydrogen) atoms. The third-order valence-corrected chi connectivity index (χ3v) is 5.69. The normalized spacial score (nSPS) is 17.1. The highest BCUT2D eigenvalue weighted by molar-refractivity contribution is 5.90. The number of carbonyl (C=O) groups excluding carboxylic acids is 3. The maximum absolute atomic E-state index is 15.0. The second kappa shape index (κ2) is 10.3. The van der Waals surface area contributed by atoms with Crippen LogP contribution >= 0.6 is 0 Å². The zero-order valence-corrected chi connectivity index (χ0v) is 20.0. The van der Waals surface area contributed by atoms with Gasteiger partial charge in [-0.15, -0.1) is 0 Å². The van der Waals surface area contributed by atoms with Crippen LogP contribution in [0.3, 0.4) is 0 Å². The Kier molecular flexibility index (Phi) is 7.20. The summed E-state index contributed by atoms with van der Waals surface area (Å²) in [6.07, 6.45) is 0.823. The van der Waals surface area contributed by atoms with Crippen molar-refractivity contribution in [1.29, 1.82) is 0 Å². The lowest BCUT2D eigenvalue weighted by Gasteiger charge is -2.21. The molecule has 11 nitrogen and oxygen atoms in total. The van der Waals surface area contributed by atoms with Gasteiger partial charge in [-0.1, -0.05) is 0 Å². The van der Waals surface area contributed by atoms with E-state index in [4.69, 9.17) is 9.47 Å². The van der Waals surface area contributed by atoms with E-state index >= 15 is 4.39 Å². The summed E-state index contributed by atoms with van der Waals surface area (Å²) in [5, 5.41) is 7.15. The van der Waals surface area contributed by atoms with E-state index in [1.165, 1.54) is 17.9 Å². The predicted molar refractivity (Wildman–Crippen MR) is 124 cm³/mol. The average Bonchev–Trinajstić information content (AvgIpc) is 3.44. The first-order valence-corrected chi connectivity index (χ1v) is 11.3. The molecule has 1 aromatic carbocycles. The van der Waals surface area contributed by atoms with Crippen molar-refractivity contribution in [3.05, 3.63) is 41.5 Å². The van der Waals surface area contributed by atoms with Gasteiger partial charge in [-0.2, -0.15) is 5.10 Å². The van der Waals surface area contributed by atoms with Crippen molar-refractivity contribution >= 4 is 29.3 Å². The molecule has 2 aliphatic heterocycles. The number of benzene rings is 1. The number of ether oxygens (including phenoxy) is 2. The van der Waals surface area contributed by atoms with Crippen LogP contribution in [0.1, 0.15) is 18.2 Å². The molecule has 1 saturated heterocycles. The lowest BCUT2D eigenvalue weighted by molar-refractivity contribution is -0.144. The smallest absolute Gasteiger partial charge is 0.414 e. The summed E-state index contributed by atoms with van der Waals surface area (Å²) in [5.74, 6) is -0.951. The van der Waals surface area contributed by atoms with Gasteiger partial charge in [0.1, 0.15) is 18.5 Å². The minimum atomic E-state index is -0.574. The van der Waals surface area contributed by atoms with E-state index in [0.29, 0.717) is 31.0 Å². The molecule has 0 radical (unpaired) electrons. The number of nitrogens with one attached hydrogen (secondary N) is 1. The van der Waals surface area contributed by atoms with Crippen LogP contribution in [-0.4, -0.2) is 79.1 Å². The number of likely N-dealkylation sites (N-methyl/N-ethyl adjacent to an activating group) is 1. The third kappa shape index (κ3) is 5.88. The van der Waals surface area contributed by atoms with E-state index in [2.05, 4.69) is 10.4 Å². The number of aromatic nitrogens is 2. The second-order valence-electron chi connectivity index (χ2n) is 8.87. The molecule has 188 valence electrons. The Hall–Kier alpha value is -3.67. The van der Waals surface area contributed by atoms with Gasteiger partial charge >= 0.3 is 12.1 Å². The van der Waals surface area contributed by atoms with E-state index in [-0.39, 0.29) is 38.1 Å². The van der Waals surface area contributed by atoms with Gasteiger partial charge in [0.25, 0.3) is 0 Å². The summed E-state index contributed by atoms with van der Waals surface area (Å²) in [6.45, 7) is 3.68. The Morgan fingerprint density at radius 2 is 2.11 bits per heavy atom. The molecule has 0 bridgehead atoms. The van der Waals surface area contributed by atoms with Crippen molar-refractivity contribution < 1.29 is 28.2 Å². The molecule has 0 spiro atoms. The van der Waals surface area contributed by atoms with E-state index in [1.54, 1.807) is 35.8 Å². The molecule has 3 heterocycles. The number of anilines is 2. The Morgan fingerprint density at radius 1 is 1.31 bits per heavy atom. The van der Waals surface area contributed by atoms with Crippen molar-refractivity contribution in [2.45, 2.75) is 32.7 Å². The van der Waals surface area contributed by atoms with Crippen LogP contribution in [0.2, 0.25) is 0 Å². The number of hydrogen-bond acceptors (Lipinski definition) is 8. The average molecular weight is 489 g/mol. The molecular formula is C23H29FN6O5. The monoisotopic (exact) mass is 488 g/mol. The topological polar surface area (TPSA) is 109 Å². The first-order valence-electron chi connectivity index (χ1n) is 11.3. The molecule has 0 unspecified atom stereocenters. The molecule has 1 fully saturated rings. The van der Waals surface area contributed by atoms with Crippen molar-refractivity contribution in [2.24, 2.45) is 0 Å². The highest BCUT2D eigenvalue weighted by Crippen LogP contribution is 2.32. The molecule has 1 N–H and O–H groups in total. The zero-order chi connectivity index (χ0) is 25.1. The number of rotatable bonds is 9. The van der Waals surface area contributed by atoms with E-state index < -0.39 is 18.0 Å². The van der Waals surface area contributed by atoms with Gasteiger partial charge in [0.2, 0.25) is 5.91 Å². The predicted octanol–water partition coefficient (Wildman–Crippen LogP) is 1.11. The fraction of sp³-hybridized carbons (Fsp3) is 0.478. The van der Waals surface area contributed by atoms with Crippen molar-refractivity contribution in [2.75, 3.05) is 50.1 Å². The van der Waals surface area contributed by atoms with Gasteiger partial charge in [0, 0.05) is 25.2 Å². The van der Waals surface area contributed by atoms with E-state index in [0.717, 1.165) is 11.3 Å². The molecule has 12 heteroatoms. The molecule has 2 amide bonds. The Morgan fingerprint density at radius 3 is 2.80 bits per heavy atom. The number of amides is 2. The molecule has 2 aliphatic rings. The standard InChI is InChI=1S/C23H29FN6O5/c1-15(31)25-9-18-12-30(23(33)35-18)17-4-5-21(19(24)8-17)28-10-16-11-29(26-20(16)13-28)6-7-34-22(32)14-27(2)3/h4-5,8,11,18H,6-7,9-10,12-14H2,1-3H3,(H,25,31)/t18-/m0/s1. The highest BCUT2D eigenvalue weighted by Gasteiger charge is 2.33. The minimum absolute atomic E-state index is 0.207. The highest BCUT2D eigenvalue weighted by atomic mass is 19.1. The summed E-state index contributed by atoms with van der Waals surface area (Å²) in [5.41, 5.74) is 2.64. The molecule has 4 rings (SSSR count). The maximum Gasteiger partial charge on any atom is 0.414 e. The molecule has 2 aromatic rings. The molecule has 1 aromatic heterocycles. The van der Waals surface area contributed by atoms with Crippen LogP contribution in [0.4, 0.5) is 20.6 Å². The largest absolute Gasteiger partial charge is 0.463 e. The van der Waals surface area contributed by atoms with Gasteiger partial charge in [-0.25, -0.2) is 9.18 Å². The molecular weight excluding hydrogens is 459 g/mol. The van der Waals surface area contributed by atoms with E-state index in [9.17, 15) is 14.4 Å².